The van der Waals surface area contributed by atoms with E-state index >= 15 is 0 Å². The van der Waals surface area contributed by atoms with Gasteiger partial charge in [-0.05, 0) is 24.3 Å². The molecule has 5 heteroatoms. The third-order valence-electron chi connectivity index (χ3n) is 2.34. The number of nitrogens with zero attached hydrogens (tertiary/aromatic N) is 2. The smallest absolute Gasteiger partial charge is 0.147 e. The zero-order valence-corrected chi connectivity index (χ0v) is 10.2. The van der Waals surface area contributed by atoms with Crippen LogP contribution in [0.25, 0.3) is 0 Å². The summed E-state index contributed by atoms with van der Waals surface area (Å²) in [7, 11) is 0. The molecule has 1 heterocycles. The van der Waals surface area contributed by atoms with E-state index in [4.69, 9.17) is 27.3 Å². The summed E-state index contributed by atoms with van der Waals surface area (Å²) in [6.45, 7) is 0.236. The molecule has 4 nitrogen and oxygen atoms in total. The fourth-order valence-corrected chi connectivity index (χ4v) is 1.69. The Balaban J connectivity index is 2.14. The maximum Gasteiger partial charge on any atom is 0.147 e. The molecule has 0 bridgehead atoms. The van der Waals surface area contributed by atoms with Crippen molar-refractivity contribution in [3.05, 3.63) is 52.8 Å². The van der Waals surface area contributed by atoms with E-state index in [1.54, 1.807) is 36.5 Å². The molecular formula is C13H10ClN3O. The molecule has 0 aliphatic rings. The van der Waals surface area contributed by atoms with Crippen LogP contribution < -0.4 is 10.5 Å². The summed E-state index contributed by atoms with van der Waals surface area (Å²) in [5, 5.41) is 9.34. The van der Waals surface area contributed by atoms with Gasteiger partial charge in [-0.15, -0.1) is 0 Å². The predicted octanol–water partition coefficient (Wildman–Crippen LogP) is 2.77. The average Bonchev–Trinajstić information content (AvgIpc) is 2.38. The van der Waals surface area contributed by atoms with Crippen LogP contribution in [0.3, 0.4) is 0 Å². The second-order valence-electron chi connectivity index (χ2n) is 3.60. The molecule has 1 aromatic carbocycles. The third kappa shape index (κ3) is 2.70. The van der Waals surface area contributed by atoms with Crippen LogP contribution >= 0.6 is 11.6 Å². The van der Waals surface area contributed by atoms with E-state index in [1.807, 2.05) is 6.07 Å². The van der Waals surface area contributed by atoms with Crippen molar-refractivity contribution in [1.29, 1.82) is 5.26 Å². The van der Waals surface area contributed by atoms with Crippen LogP contribution in [0.2, 0.25) is 5.02 Å². The van der Waals surface area contributed by atoms with E-state index < -0.39 is 0 Å². The molecule has 0 atom stereocenters. The standard InChI is InChI=1S/C13H10ClN3O/c14-11-6-10(16)3-4-13(11)18-8-9-2-1-5-17-12(9)7-15/h1-6H,8,16H2. The molecule has 0 unspecified atom stereocenters. The minimum atomic E-state index is 0.236. The van der Waals surface area contributed by atoms with E-state index in [0.29, 0.717) is 27.7 Å². The van der Waals surface area contributed by atoms with Crippen LogP contribution in [-0.4, -0.2) is 4.98 Å². The number of rotatable bonds is 3. The van der Waals surface area contributed by atoms with Gasteiger partial charge in [-0.25, -0.2) is 4.98 Å². The van der Waals surface area contributed by atoms with Gasteiger partial charge in [0.1, 0.15) is 24.1 Å². The number of benzene rings is 1. The minimum absolute atomic E-state index is 0.236. The first-order chi connectivity index (χ1) is 8.70. The van der Waals surface area contributed by atoms with Crippen molar-refractivity contribution in [2.75, 3.05) is 5.73 Å². The molecule has 90 valence electrons. The molecular weight excluding hydrogens is 250 g/mol. The van der Waals surface area contributed by atoms with E-state index in [0.717, 1.165) is 0 Å². The summed E-state index contributed by atoms with van der Waals surface area (Å²) in [5.74, 6) is 0.526. The summed E-state index contributed by atoms with van der Waals surface area (Å²) < 4.78 is 5.54. The molecule has 0 radical (unpaired) electrons. The summed E-state index contributed by atoms with van der Waals surface area (Å²) in [5.41, 5.74) is 7.23. The molecule has 18 heavy (non-hydrogen) atoms. The summed E-state index contributed by atoms with van der Waals surface area (Å²) in [4.78, 5) is 3.95. The van der Waals surface area contributed by atoms with Crippen LogP contribution in [0.4, 0.5) is 5.69 Å². The Hall–Kier alpha value is -2.25. The Bertz CT molecular complexity index is 607. The van der Waals surface area contributed by atoms with Gasteiger partial charge in [0.15, 0.2) is 0 Å². The second kappa shape index (κ2) is 5.39. The van der Waals surface area contributed by atoms with E-state index in [9.17, 15) is 0 Å². The van der Waals surface area contributed by atoms with Crippen LogP contribution in [0.1, 0.15) is 11.3 Å². The number of ether oxygens (including phenoxy) is 1. The number of anilines is 1. The highest BCUT2D eigenvalue weighted by atomic mass is 35.5. The topological polar surface area (TPSA) is 71.9 Å². The maximum atomic E-state index is 8.90. The van der Waals surface area contributed by atoms with Gasteiger partial charge in [0.2, 0.25) is 0 Å². The molecule has 0 aliphatic heterocycles. The van der Waals surface area contributed by atoms with Crippen LogP contribution in [0, 0.1) is 11.3 Å². The van der Waals surface area contributed by atoms with Gasteiger partial charge in [0.05, 0.1) is 5.02 Å². The van der Waals surface area contributed by atoms with Crippen molar-refractivity contribution in [2.24, 2.45) is 0 Å². The minimum Gasteiger partial charge on any atom is -0.487 e. The van der Waals surface area contributed by atoms with Crippen molar-refractivity contribution in [1.82, 2.24) is 4.98 Å². The second-order valence-corrected chi connectivity index (χ2v) is 4.01. The monoisotopic (exact) mass is 259 g/mol. The van der Waals surface area contributed by atoms with Crippen molar-refractivity contribution in [2.45, 2.75) is 6.61 Å². The lowest BCUT2D eigenvalue weighted by molar-refractivity contribution is 0.305. The number of hydrogen-bond donors (Lipinski definition) is 1. The zero-order valence-electron chi connectivity index (χ0n) is 9.43. The Kier molecular flexibility index (Phi) is 3.66. The summed E-state index contributed by atoms with van der Waals surface area (Å²) in [6.07, 6.45) is 1.57. The molecule has 2 aromatic rings. The van der Waals surface area contributed by atoms with E-state index in [2.05, 4.69) is 4.98 Å². The quantitative estimate of drug-likeness (QED) is 0.861. The lowest BCUT2D eigenvalue weighted by Crippen LogP contribution is -2.00. The number of nitriles is 1. The number of pyridine rings is 1. The maximum absolute atomic E-state index is 8.90. The fraction of sp³-hybridized carbons (Fsp3) is 0.0769. The van der Waals surface area contributed by atoms with Gasteiger partial charge < -0.3 is 10.5 Å². The van der Waals surface area contributed by atoms with Gasteiger partial charge in [-0.2, -0.15) is 5.26 Å². The fourth-order valence-electron chi connectivity index (χ4n) is 1.45. The van der Waals surface area contributed by atoms with Gasteiger partial charge in [0, 0.05) is 17.4 Å². The lowest BCUT2D eigenvalue weighted by atomic mass is 10.2. The molecule has 0 amide bonds. The number of halogens is 1. The molecule has 0 spiro atoms. The zero-order chi connectivity index (χ0) is 13.0. The first-order valence-electron chi connectivity index (χ1n) is 5.22. The summed E-state index contributed by atoms with van der Waals surface area (Å²) >= 11 is 5.98. The van der Waals surface area contributed by atoms with Gasteiger partial charge >= 0.3 is 0 Å². The largest absolute Gasteiger partial charge is 0.487 e. The van der Waals surface area contributed by atoms with Crippen molar-refractivity contribution in [3.63, 3.8) is 0 Å². The number of hydrogen-bond acceptors (Lipinski definition) is 4. The Morgan fingerprint density at radius 2 is 2.22 bits per heavy atom. The Morgan fingerprint density at radius 3 is 2.94 bits per heavy atom. The molecule has 0 saturated heterocycles. The van der Waals surface area contributed by atoms with Crippen LogP contribution in [0.5, 0.6) is 5.75 Å². The van der Waals surface area contributed by atoms with Crippen molar-refractivity contribution >= 4 is 17.3 Å². The number of nitrogen functional groups attached to an aromatic ring is 1. The van der Waals surface area contributed by atoms with Crippen molar-refractivity contribution in [3.8, 4) is 11.8 Å². The molecule has 2 N–H and O–H groups in total. The van der Waals surface area contributed by atoms with Crippen molar-refractivity contribution < 1.29 is 4.74 Å². The SMILES string of the molecule is N#Cc1ncccc1COc1ccc(N)cc1Cl. The molecule has 0 saturated carbocycles. The van der Waals surface area contributed by atoms with Crippen LogP contribution in [0.15, 0.2) is 36.5 Å². The molecule has 2 rings (SSSR count). The lowest BCUT2D eigenvalue weighted by Gasteiger charge is -2.09. The highest BCUT2D eigenvalue weighted by Crippen LogP contribution is 2.27. The Labute approximate surface area is 110 Å². The predicted molar refractivity (Wildman–Crippen MR) is 69.1 cm³/mol. The molecule has 0 aliphatic carbocycles. The average molecular weight is 260 g/mol. The summed E-state index contributed by atoms with van der Waals surface area (Å²) in [6, 6.07) is 10.6. The highest BCUT2D eigenvalue weighted by molar-refractivity contribution is 6.32. The molecule has 0 fully saturated rings. The Morgan fingerprint density at radius 1 is 1.39 bits per heavy atom. The highest BCUT2D eigenvalue weighted by Gasteiger charge is 2.06. The van der Waals surface area contributed by atoms with E-state index in [-0.39, 0.29) is 6.61 Å². The first kappa shape index (κ1) is 12.2. The number of aromatic nitrogens is 1. The first-order valence-corrected chi connectivity index (χ1v) is 5.60. The normalized spacial score (nSPS) is 9.78. The third-order valence-corrected chi connectivity index (χ3v) is 2.63. The van der Waals surface area contributed by atoms with Gasteiger partial charge in [0.25, 0.3) is 0 Å². The van der Waals surface area contributed by atoms with Gasteiger partial charge in [-0.1, -0.05) is 17.7 Å². The van der Waals surface area contributed by atoms with E-state index in [1.165, 1.54) is 0 Å². The van der Waals surface area contributed by atoms with Crippen LogP contribution in [-0.2, 0) is 6.61 Å². The van der Waals surface area contributed by atoms with Gasteiger partial charge in [-0.3, -0.25) is 0 Å². The number of nitrogens with two attached hydrogens (primary N) is 1. The molecule has 1 aromatic heterocycles.